The molecule has 3 rings (SSSR count). The summed E-state index contributed by atoms with van der Waals surface area (Å²) in [5.41, 5.74) is 4.93. The molecule has 1 N–H and O–H groups in total. The Hall–Kier alpha value is -2.33. The molecule has 1 atom stereocenters. The van der Waals surface area contributed by atoms with Gasteiger partial charge >= 0.3 is 0 Å². The van der Waals surface area contributed by atoms with Crippen LogP contribution >= 0.6 is 0 Å². The van der Waals surface area contributed by atoms with Gasteiger partial charge in [-0.15, -0.1) is 0 Å². The zero-order chi connectivity index (χ0) is 18.5. The SMILES string of the molecule is COc1ccc(C)cc1CN(C)CC(=O)N[C@@H]1CCCc2ccccc21. The molecule has 4 nitrogen and oxygen atoms in total. The lowest BCUT2D eigenvalue weighted by Crippen LogP contribution is -2.38. The summed E-state index contributed by atoms with van der Waals surface area (Å²) in [5.74, 6) is 0.935. The number of benzene rings is 2. The van der Waals surface area contributed by atoms with Gasteiger partial charge in [0.05, 0.1) is 19.7 Å². The number of rotatable bonds is 6. The van der Waals surface area contributed by atoms with Crippen LogP contribution in [-0.2, 0) is 17.8 Å². The standard InChI is InChI=1S/C22H28N2O2/c1-16-11-12-21(26-3)18(13-16)14-24(2)15-22(25)23-20-10-6-8-17-7-4-5-9-19(17)20/h4-5,7,9,11-13,20H,6,8,10,14-15H2,1-3H3,(H,23,25)/t20-/m1/s1. The highest BCUT2D eigenvalue weighted by Crippen LogP contribution is 2.29. The third-order valence-corrected chi connectivity index (χ3v) is 4.99. The summed E-state index contributed by atoms with van der Waals surface area (Å²) in [6.07, 6.45) is 3.24. The van der Waals surface area contributed by atoms with Crippen molar-refractivity contribution in [3.05, 3.63) is 64.7 Å². The minimum Gasteiger partial charge on any atom is -0.496 e. The van der Waals surface area contributed by atoms with E-state index in [1.54, 1.807) is 7.11 Å². The van der Waals surface area contributed by atoms with Crippen molar-refractivity contribution in [1.82, 2.24) is 10.2 Å². The molecule has 138 valence electrons. The molecule has 1 aliphatic carbocycles. The van der Waals surface area contributed by atoms with Crippen molar-refractivity contribution in [2.24, 2.45) is 0 Å². The Bertz CT molecular complexity index is 772. The van der Waals surface area contributed by atoms with Gasteiger partial charge in [0.2, 0.25) is 5.91 Å². The van der Waals surface area contributed by atoms with Crippen molar-refractivity contribution in [3.63, 3.8) is 0 Å². The molecule has 26 heavy (non-hydrogen) atoms. The second kappa shape index (κ2) is 8.37. The van der Waals surface area contributed by atoms with Crippen LogP contribution in [0.2, 0.25) is 0 Å². The van der Waals surface area contributed by atoms with Crippen LogP contribution in [0.3, 0.4) is 0 Å². The highest BCUT2D eigenvalue weighted by Gasteiger charge is 2.21. The third kappa shape index (κ3) is 4.44. The van der Waals surface area contributed by atoms with E-state index in [2.05, 4.69) is 42.6 Å². The second-order valence-electron chi connectivity index (χ2n) is 7.20. The number of nitrogens with zero attached hydrogens (tertiary/aromatic N) is 1. The smallest absolute Gasteiger partial charge is 0.234 e. The molecule has 1 amide bonds. The van der Waals surface area contributed by atoms with Crippen LogP contribution < -0.4 is 10.1 Å². The summed E-state index contributed by atoms with van der Waals surface area (Å²) in [6.45, 7) is 3.12. The highest BCUT2D eigenvalue weighted by atomic mass is 16.5. The molecular formula is C22H28N2O2. The molecule has 0 spiro atoms. The third-order valence-electron chi connectivity index (χ3n) is 4.99. The van der Waals surface area contributed by atoms with Crippen LogP contribution in [0.1, 0.15) is 41.1 Å². The zero-order valence-electron chi connectivity index (χ0n) is 15.9. The fourth-order valence-corrected chi connectivity index (χ4v) is 3.77. The maximum Gasteiger partial charge on any atom is 0.234 e. The van der Waals surface area contributed by atoms with Gasteiger partial charge in [0.1, 0.15) is 5.75 Å². The number of likely N-dealkylation sites (N-methyl/N-ethyl adjacent to an activating group) is 1. The first-order valence-corrected chi connectivity index (χ1v) is 9.26. The predicted octanol–water partition coefficient (Wildman–Crippen LogP) is 3.63. The van der Waals surface area contributed by atoms with Crippen LogP contribution in [0.4, 0.5) is 0 Å². The fraction of sp³-hybridized carbons (Fsp3) is 0.409. The summed E-state index contributed by atoms with van der Waals surface area (Å²) in [5, 5.41) is 3.22. The van der Waals surface area contributed by atoms with Crippen LogP contribution in [0.15, 0.2) is 42.5 Å². The van der Waals surface area contributed by atoms with Crippen LogP contribution in [0, 0.1) is 6.92 Å². The number of aryl methyl sites for hydroxylation is 2. The normalized spacial score (nSPS) is 16.2. The molecule has 0 saturated carbocycles. The number of nitrogens with one attached hydrogen (secondary N) is 1. The highest BCUT2D eigenvalue weighted by molar-refractivity contribution is 5.78. The van der Waals surface area contributed by atoms with Crippen LogP contribution in [0.5, 0.6) is 5.75 Å². The van der Waals surface area contributed by atoms with Gasteiger partial charge in [-0.25, -0.2) is 0 Å². The molecule has 0 saturated heterocycles. The van der Waals surface area contributed by atoms with Crippen molar-refractivity contribution in [3.8, 4) is 5.75 Å². The predicted molar refractivity (Wildman–Crippen MR) is 104 cm³/mol. The number of carbonyl (C=O) groups is 1. The molecule has 0 heterocycles. The summed E-state index contributed by atoms with van der Waals surface area (Å²) >= 11 is 0. The lowest BCUT2D eigenvalue weighted by Gasteiger charge is -2.27. The van der Waals surface area contributed by atoms with E-state index in [-0.39, 0.29) is 11.9 Å². The molecule has 0 unspecified atom stereocenters. The van der Waals surface area contributed by atoms with Crippen molar-refractivity contribution in [2.45, 2.75) is 38.8 Å². The quantitative estimate of drug-likeness (QED) is 0.863. The van der Waals surface area contributed by atoms with Crippen molar-refractivity contribution < 1.29 is 9.53 Å². The monoisotopic (exact) mass is 352 g/mol. The van der Waals surface area contributed by atoms with Crippen molar-refractivity contribution in [1.29, 1.82) is 0 Å². The molecule has 0 fully saturated rings. The first kappa shape index (κ1) is 18.5. The Balaban J connectivity index is 1.60. The van der Waals surface area contributed by atoms with Gasteiger partial charge in [-0.05, 0) is 50.4 Å². The number of ether oxygens (including phenoxy) is 1. The van der Waals surface area contributed by atoms with Gasteiger partial charge in [-0.2, -0.15) is 0 Å². The molecule has 0 aliphatic heterocycles. The maximum atomic E-state index is 12.6. The number of fused-ring (bicyclic) bond motifs is 1. The number of methoxy groups -OCH3 is 1. The van der Waals surface area contributed by atoms with Gasteiger partial charge in [0, 0.05) is 12.1 Å². The summed E-state index contributed by atoms with van der Waals surface area (Å²) < 4.78 is 5.44. The Morgan fingerprint density at radius 1 is 1.27 bits per heavy atom. The molecule has 0 radical (unpaired) electrons. The average Bonchev–Trinajstić information content (AvgIpc) is 2.62. The number of hydrogen-bond acceptors (Lipinski definition) is 3. The van der Waals surface area contributed by atoms with E-state index in [0.29, 0.717) is 13.1 Å². The minimum absolute atomic E-state index is 0.0702. The summed E-state index contributed by atoms with van der Waals surface area (Å²) in [4.78, 5) is 14.6. The molecule has 1 aliphatic rings. The topological polar surface area (TPSA) is 41.6 Å². The molecule has 0 bridgehead atoms. The Morgan fingerprint density at radius 3 is 2.88 bits per heavy atom. The average molecular weight is 352 g/mol. The van der Waals surface area contributed by atoms with E-state index in [0.717, 1.165) is 30.6 Å². The maximum absolute atomic E-state index is 12.6. The van der Waals surface area contributed by atoms with E-state index >= 15 is 0 Å². The first-order valence-electron chi connectivity index (χ1n) is 9.26. The van der Waals surface area contributed by atoms with E-state index in [9.17, 15) is 4.79 Å². The Morgan fingerprint density at radius 2 is 2.08 bits per heavy atom. The van der Waals surface area contributed by atoms with Crippen molar-refractivity contribution >= 4 is 5.91 Å². The molecular weight excluding hydrogens is 324 g/mol. The largest absolute Gasteiger partial charge is 0.496 e. The van der Waals surface area contributed by atoms with Crippen LogP contribution in [-0.4, -0.2) is 31.5 Å². The van der Waals surface area contributed by atoms with E-state index in [1.807, 2.05) is 24.1 Å². The molecule has 0 aromatic heterocycles. The van der Waals surface area contributed by atoms with Gasteiger partial charge in [-0.1, -0.05) is 42.0 Å². The lowest BCUT2D eigenvalue weighted by atomic mass is 9.88. The van der Waals surface area contributed by atoms with Crippen molar-refractivity contribution in [2.75, 3.05) is 20.7 Å². The Labute approximate surface area is 156 Å². The van der Waals surface area contributed by atoms with E-state index in [4.69, 9.17) is 4.74 Å². The lowest BCUT2D eigenvalue weighted by molar-refractivity contribution is -0.122. The first-order chi connectivity index (χ1) is 12.6. The number of hydrogen-bond donors (Lipinski definition) is 1. The zero-order valence-corrected chi connectivity index (χ0v) is 15.9. The molecule has 2 aromatic carbocycles. The number of amides is 1. The van der Waals surface area contributed by atoms with E-state index < -0.39 is 0 Å². The second-order valence-corrected chi connectivity index (χ2v) is 7.20. The van der Waals surface area contributed by atoms with Gasteiger partial charge in [0.25, 0.3) is 0 Å². The number of carbonyl (C=O) groups excluding carboxylic acids is 1. The van der Waals surface area contributed by atoms with Gasteiger partial charge in [0.15, 0.2) is 0 Å². The minimum atomic E-state index is 0.0702. The van der Waals surface area contributed by atoms with E-state index in [1.165, 1.54) is 16.7 Å². The fourth-order valence-electron chi connectivity index (χ4n) is 3.77. The molecule has 4 heteroatoms. The van der Waals surface area contributed by atoms with Gasteiger partial charge in [-0.3, -0.25) is 9.69 Å². The van der Waals surface area contributed by atoms with Crippen LogP contribution in [0.25, 0.3) is 0 Å². The van der Waals surface area contributed by atoms with Gasteiger partial charge < -0.3 is 10.1 Å². The molecule has 2 aromatic rings. The Kier molecular flexibility index (Phi) is 5.94. The summed E-state index contributed by atoms with van der Waals surface area (Å²) in [7, 11) is 3.65. The summed E-state index contributed by atoms with van der Waals surface area (Å²) in [6, 6.07) is 14.7.